The van der Waals surface area contributed by atoms with Crippen LogP contribution >= 0.6 is 0 Å². The zero-order valence-electron chi connectivity index (χ0n) is 9.89. The van der Waals surface area contributed by atoms with Crippen molar-refractivity contribution in [2.45, 2.75) is 52.0 Å². The second-order valence-electron chi connectivity index (χ2n) is 4.34. The van der Waals surface area contributed by atoms with E-state index in [2.05, 4.69) is 24.1 Å². The Kier molecular flexibility index (Phi) is 6.20. The fourth-order valence-electron chi connectivity index (χ4n) is 2.27. The molecule has 2 heteroatoms. The quantitative estimate of drug-likeness (QED) is 0.729. The maximum atomic E-state index is 3.55. The standard InChI is InChI=1S/C12H26N2/c1-3-5-10-14(4-2)12-8-6-7-9-13-11-12/h12-13H,3-11H2,1-2H3. The van der Waals surface area contributed by atoms with Gasteiger partial charge in [-0.15, -0.1) is 0 Å². The lowest BCUT2D eigenvalue weighted by atomic mass is 10.1. The van der Waals surface area contributed by atoms with Gasteiger partial charge in [-0.25, -0.2) is 0 Å². The van der Waals surface area contributed by atoms with Gasteiger partial charge in [-0.2, -0.15) is 0 Å². The summed E-state index contributed by atoms with van der Waals surface area (Å²) in [5.74, 6) is 0. The van der Waals surface area contributed by atoms with Gasteiger partial charge in [-0.3, -0.25) is 4.90 Å². The minimum atomic E-state index is 0.800. The summed E-state index contributed by atoms with van der Waals surface area (Å²) in [6, 6.07) is 0.800. The summed E-state index contributed by atoms with van der Waals surface area (Å²) >= 11 is 0. The topological polar surface area (TPSA) is 15.3 Å². The number of hydrogen-bond donors (Lipinski definition) is 1. The van der Waals surface area contributed by atoms with Gasteiger partial charge in [0.25, 0.3) is 0 Å². The van der Waals surface area contributed by atoms with Crippen LogP contribution in [-0.2, 0) is 0 Å². The fraction of sp³-hybridized carbons (Fsp3) is 1.00. The van der Waals surface area contributed by atoms with Crippen LogP contribution in [0.5, 0.6) is 0 Å². The van der Waals surface area contributed by atoms with E-state index in [0.29, 0.717) is 0 Å². The minimum Gasteiger partial charge on any atom is -0.315 e. The third kappa shape index (κ3) is 3.97. The molecular weight excluding hydrogens is 172 g/mol. The van der Waals surface area contributed by atoms with E-state index in [1.807, 2.05) is 0 Å². The van der Waals surface area contributed by atoms with Gasteiger partial charge >= 0.3 is 0 Å². The van der Waals surface area contributed by atoms with Crippen molar-refractivity contribution in [3.05, 3.63) is 0 Å². The Morgan fingerprint density at radius 3 is 2.86 bits per heavy atom. The molecule has 0 aromatic carbocycles. The maximum absolute atomic E-state index is 3.55. The van der Waals surface area contributed by atoms with E-state index in [-0.39, 0.29) is 0 Å². The molecule has 84 valence electrons. The summed E-state index contributed by atoms with van der Waals surface area (Å²) in [6.07, 6.45) is 6.83. The van der Waals surface area contributed by atoms with Crippen LogP contribution in [0.4, 0.5) is 0 Å². The van der Waals surface area contributed by atoms with E-state index in [1.165, 1.54) is 58.3 Å². The molecule has 2 nitrogen and oxygen atoms in total. The zero-order chi connectivity index (χ0) is 10.2. The molecule has 0 amide bonds. The van der Waals surface area contributed by atoms with Gasteiger partial charge in [-0.1, -0.05) is 26.7 Å². The Labute approximate surface area is 89.1 Å². The first kappa shape index (κ1) is 12.0. The van der Waals surface area contributed by atoms with Crippen LogP contribution in [-0.4, -0.2) is 37.1 Å². The van der Waals surface area contributed by atoms with Gasteiger partial charge in [0.05, 0.1) is 0 Å². The second-order valence-corrected chi connectivity index (χ2v) is 4.34. The van der Waals surface area contributed by atoms with E-state index in [4.69, 9.17) is 0 Å². The molecule has 0 aromatic rings. The summed E-state index contributed by atoms with van der Waals surface area (Å²) in [4.78, 5) is 2.65. The normalized spacial score (nSPS) is 23.8. The van der Waals surface area contributed by atoms with Crippen LogP contribution in [0.1, 0.15) is 46.0 Å². The molecule has 14 heavy (non-hydrogen) atoms. The summed E-state index contributed by atoms with van der Waals surface area (Å²) in [7, 11) is 0. The molecule has 1 unspecified atom stereocenters. The van der Waals surface area contributed by atoms with Crippen molar-refractivity contribution in [3.8, 4) is 0 Å². The lowest BCUT2D eigenvalue weighted by Gasteiger charge is -2.29. The zero-order valence-corrected chi connectivity index (χ0v) is 9.89. The molecule has 1 saturated heterocycles. The first-order chi connectivity index (χ1) is 6.88. The van der Waals surface area contributed by atoms with Crippen molar-refractivity contribution in [3.63, 3.8) is 0 Å². The van der Waals surface area contributed by atoms with E-state index < -0.39 is 0 Å². The van der Waals surface area contributed by atoms with Crippen LogP contribution in [0.15, 0.2) is 0 Å². The van der Waals surface area contributed by atoms with Crippen LogP contribution in [0, 0.1) is 0 Å². The van der Waals surface area contributed by atoms with Crippen molar-refractivity contribution < 1.29 is 0 Å². The number of hydrogen-bond acceptors (Lipinski definition) is 2. The molecule has 0 spiro atoms. The van der Waals surface area contributed by atoms with Crippen molar-refractivity contribution in [1.29, 1.82) is 0 Å². The van der Waals surface area contributed by atoms with E-state index in [9.17, 15) is 0 Å². The molecule has 1 rings (SSSR count). The van der Waals surface area contributed by atoms with Crippen molar-refractivity contribution in [2.24, 2.45) is 0 Å². The van der Waals surface area contributed by atoms with Crippen LogP contribution < -0.4 is 5.32 Å². The van der Waals surface area contributed by atoms with Crippen LogP contribution in [0.25, 0.3) is 0 Å². The van der Waals surface area contributed by atoms with Gasteiger partial charge in [-0.05, 0) is 38.9 Å². The highest BCUT2D eigenvalue weighted by atomic mass is 15.2. The lowest BCUT2D eigenvalue weighted by molar-refractivity contribution is 0.194. The number of likely N-dealkylation sites (N-methyl/N-ethyl adjacent to an activating group) is 1. The summed E-state index contributed by atoms with van der Waals surface area (Å²) < 4.78 is 0. The Morgan fingerprint density at radius 2 is 2.14 bits per heavy atom. The molecule has 0 aromatic heterocycles. The maximum Gasteiger partial charge on any atom is 0.0220 e. The Balaban J connectivity index is 2.32. The predicted molar refractivity (Wildman–Crippen MR) is 62.7 cm³/mol. The summed E-state index contributed by atoms with van der Waals surface area (Å²) in [5.41, 5.74) is 0. The molecule has 1 atom stereocenters. The van der Waals surface area contributed by atoms with Crippen molar-refractivity contribution in [2.75, 3.05) is 26.2 Å². The van der Waals surface area contributed by atoms with Crippen LogP contribution in [0.2, 0.25) is 0 Å². The third-order valence-corrected chi connectivity index (χ3v) is 3.24. The molecular formula is C12H26N2. The third-order valence-electron chi connectivity index (χ3n) is 3.24. The van der Waals surface area contributed by atoms with Gasteiger partial charge in [0.1, 0.15) is 0 Å². The number of nitrogens with one attached hydrogen (secondary N) is 1. The van der Waals surface area contributed by atoms with Gasteiger partial charge in [0, 0.05) is 12.6 Å². The van der Waals surface area contributed by atoms with Crippen LogP contribution in [0.3, 0.4) is 0 Å². The number of nitrogens with zero attached hydrogens (tertiary/aromatic N) is 1. The minimum absolute atomic E-state index is 0.800. The fourth-order valence-corrected chi connectivity index (χ4v) is 2.27. The SMILES string of the molecule is CCCCN(CC)C1CCCCNC1. The molecule has 1 fully saturated rings. The molecule has 1 aliphatic heterocycles. The van der Waals surface area contributed by atoms with Crippen molar-refractivity contribution in [1.82, 2.24) is 10.2 Å². The summed E-state index contributed by atoms with van der Waals surface area (Å²) in [5, 5.41) is 3.55. The Hall–Kier alpha value is -0.0800. The largest absolute Gasteiger partial charge is 0.315 e. The first-order valence-electron chi connectivity index (χ1n) is 6.33. The van der Waals surface area contributed by atoms with E-state index in [0.717, 1.165) is 6.04 Å². The molecule has 0 aliphatic carbocycles. The average Bonchev–Trinajstić information content (AvgIpc) is 2.48. The number of rotatable bonds is 5. The molecule has 0 radical (unpaired) electrons. The Morgan fingerprint density at radius 1 is 1.29 bits per heavy atom. The molecule has 0 saturated carbocycles. The number of unbranched alkanes of at least 4 members (excludes halogenated alkanes) is 1. The Bertz CT molecular complexity index is 128. The van der Waals surface area contributed by atoms with E-state index >= 15 is 0 Å². The predicted octanol–water partition coefficient (Wildman–Crippen LogP) is 2.25. The summed E-state index contributed by atoms with van der Waals surface area (Å²) in [6.45, 7) is 9.50. The highest BCUT2D eigenvalue weighted by Crippen LogP contribution is 2.11. The average molecular weight is 198 g/mol. The molecule has 1 heterocycles. The highest BCUT2D eigenvalue weighted by Gasteiger charge is 2.17. The smallest absolute Gasteiger partial charge is 0.0220 e. The second kappa shape index (κ2) is 7.24. The molecule has 1 aliphatic rings. The van der Waals surface area contributed by atoms with Crippen molar-refractivity contribution >= 4 is 0 Å². The van der Waals surface area contributed by atoms with Gasteiger partial charge < -0.3 is 5.32 Å². The monoisotopic (exact) mass is 198 g/mol. The lowest BCUT2D eigenvalue weighted by Crippen LogP contribution is -2.41. The van der Waals surface area contributed by atoms with Gasteiger partial charge in [0.2, 0.25) is 0 Å². The highest BCUT2D eigenvalue weighted by molar-refractivity contribution is 4.76. The first-order valence-corrected chi connectivity index (χ1v) is 6.33. The molecule has 0 bridgehead atoms. The van der Waals surface area contributed by atoms with E-state index in [1.54, 1.807) is 0 Å². The molecule has 1 N–H and O–H groups in total. The van der Waals surface area contributed by atoms with Gasteiger partial charge in [0.15, 0.2) is 0 Å².